The van der Waals surface area contributed by atoms with Crippen LogP contribution in [0.4, 0.5) is 0 Å². The predicted octanol–water partition coefficient (Wildman–Crippen LogP) is 18.0. The van der Waals surface area contributed by atoms with Crippen LogP contribution in [0.2, 0.25) is 0 Å². The van der Waals surface area contributed by atoms with Gasteiger partial charge < -0.3 is 15.5 Å². The third-order valence-corrected chi connectivity index (χ3v) is 12.5. The highest BCUT2D eigenvalue weighted by molar-refractivity contribution is 5.76. The summed E-state index contributed by atoms with van der Waals surface area (Å²) in [5, 5.41) is 23.1. The molecule has 0 aromatic heterocycles. The van der Waals surface area contributed by atoms with Crippen molar-refractivity contribution in [2.24, 2.45) is 0 Å². The molecule has 2 atom stereocenters. The van der Waals surface area contributed by atoms with Crippen molar-refractivity contribution in [1.29, 1.82) is 0 Å². The quantitative estimate of drug-likeness (QED) is 0.0421. The van der Waals surface area contributed by atoms with Gasteiger partial charge in [-0.05, 0) is 57.8 Å². The molecule has 0 heterocycles. The minimum Gasteiger partial charge on any atom is -0.394 e. The molecule has 0 radical (unpaired) electrons. The standard InChI is InChI=1S/C58H107NO3/c1-3-5-7-9-11-13-15-17-19-21-22-23-24-25-26-27-28-29-30-31-32-33-34-35-36-38-39-41-43-45-47-49-51-53-57(61)56(55-60)59-58(62)54-52-50-48-46-44-42-40-37-20-18-16-14-12-10-8-6-4-2/h6,8,12,14,18,20,40,42,51,53,56-57,60-61H,3-5,7,9-11,13,15-17,19,21-39,41,43-50,52,54-55H2,1-2H3,(H,59,62)/b8-6-,14-12-,20-18-,42-40-,53-51+. The van der Waals surface area contributed by atoms with Gasteiger partial charge in [0.15, 0.2) is 0 Å². The number of amides is 1. The summed E-state index contributed by atoms with van der Waals surface area (Å²) in [7, 11) is 0. The first-order chi connectivity index (χ1) is 30.7. The van der Waals surface area contributed by atoms with Crippen LogP contribution in [-0.4, -0.2) is 34.9 Å². The van der Waals surface area contributed by atoms with Crippen LogP contribution in [-0.2, 0) is 4.79 Å². The van der Waals surface area contributed by atoms with Gasteiger partial charge in [-0.25, -0.2) is 0 Å². The zero-order valence-electron chi connectivity index (χ0n) is 41.6. The van der Waals surface area contributed by atoms with E-state index in [0.717, 1.165) is 70.6 Å². The van der Waals surface area contributed by atoms with Crippen LogP contribution in [0.1, 0.15) is 284 Å². The van der Waals surface area contributed by atoms with Gasteiger partial charge in [-0.3, -0.25) is 4.79 Å². The van der Waals surface area contributed by atoms with E-state index in [0.29, 0.717) is 6.42 Å². The van der Waals surface area contributed by atoms with Crippen molar-refractivity contribution in [1.82, 2.24) is 5.32 Å². The zero-order chi connectivity index (χ0) is 44.9. The summed E-state index contributed by atoms with van der Waals surface area (Å²) in [6.07, 6.45) is 75.3. The van der Waals surface area contributed by atoms with Crippen LogP contribution in [0.3, 0.4) is 0 Å². The van der Waals surface area contributed by atoms with Crippen LogP contribution in [0, 0.1) is 0 Å². The Balaban J connectivity index is 3.48. The first kappa shape index (κ1) is 60.1. The van der Waals surface area contributed by atoms with Crippen molar-refractivity contribution in [3.63, 3.8) is 0 Å². The predicted molar refractivity (Wildman–Crippen MR) is 276 cm³/mol. The lowest BCUT2D eigenvalue weighted by Crippen LogP contribution is -2.45. The fourth-order valence-electron chi connectivity index (χ4n) is 8.35. The Kier molecular flexibility index (Phi) is 51.8. The third-order valence-electron chi connectivity index (χ3n) is 12.5. The number of aliphatic hydroxyl groups is 2. The molecule has 62 heavy (non-hydrogen) atoms. The summed E-state index contributed by atoms with van der Waals surface area (Å²) in [6.45, 7) is 4.20. The second kappa shape index (κ2) is 53.4. The highest BCUT2D eigenvalue weighted by atomic mass is 16.3. The van der Waals surface area contributed by atoms with E-state index in [9.17, 15) is 15.0 Å². The van der Waals surface area contributed by atoms with Gasteiger partial charge in [0.05, 0.1) is 18.8 Å². The highest BCUT2D eigenvalue weighted by Gasteiger charge is 2.18. The van der Waals surface area contributed by atoms with E-state index in [1.807, 2.05) is 6.08 Å². The Morgan fingerprint density at radius 2 is 0.710 bits per heavy atom. The van der Waals surface area contributed by atoms with E-state index in [2.05, 4.69) is 67.8 Å². The third kappa shape index (κ3) is 49.1. The molecule has 0 aromatic rings. The zero-order valence-corrected chi connectivity index (χ0v) is 41.6. The van der Waals surface area contributed by atoms with Crippen molar-refractivity contribution >= 4 is 5.91 Å². The topological polar surface area (TPSA) is 69.6 Å². The van der Waals surface area contributed by atoms with Crippen molar-refractivity contribution < 1.29 is 15.0 Å². The molecule has 0 aliphatic heterocycles. The summed E-state index contributed by atoms with van der Waals surface area (Å²) in [5.41, 5.74) is 0. The number of hydrogen-bond acceptors (Lipinski definition) is 3. The van der Waals surface area contributed by atoms with Crippen molar-refractivity contribution in [2.45, 2.75) is 296 Å². The largest absolute Gasteiger partial charge is 0.394 e. The maximum Gasteiger partial charge on any atom is 0.220 e. The van der Waals surface area contributed by atoms with Crippen LogP contribution >= 0.6 is 0 Å². The Morgan fingerprint density at radius 1 is 0.403 bits per heavy atom. The Morgan fingerprint density at radius 3 is 1.06 bits per heavy atom. The fourth-order valence-corrected chi connectivity index (χ4v) is 8.35. The van der Waals surface area contributed by atoms with E-state index in [1.54, 1.807) is 6.08 Å². The number of carbonyl (C=O) groups excluding carboxylic acids is 1. The van der Waals surface area contributed by atoms with E-state index in [-0.39, 0.29) is 12.5 Å². The summed E-state index contributed by atoms with van der Waals surface area (Å²) in [5.74, 6) is -0.0865. The molecule has 0 aliphatic rings. The maximum atomic E-state index is 12.4. The molecular weight excluding hydrogens is 759 g/mol. The number of allylic oxidation sites excluding steroid dienone is 9. The lowest BCUT2D eigenvalue weighted by Gasteiger charge is -2.20. The molecular formula is C58H107NO3. The van der Waals surface area contributed by atoms with Crippen molar-refractivity contribution in [3.8, 4) is 0 Å². The van der Waals surface area contributed by atoms with Gasteiger partial charge in [0.25, 0.3) is 0 Å². The van der Waals surface area contributed by atoms with Gasteiger partial charge in [0, 0.05) is 6.42 Å². The summed E-state index contributed by atoms with van der Waals surface area (Å²) < 4.78 is 0. The summed E-state index contributed by atoms with van der Waals surface area (Å²) >= 11 is 0. The molecule has 0 aliphatic carbocycles. The summed E-state index contributed by atoms with van der Waals surface area (Å²) in [6, 6.07) is -0.639. The van der Waals surface area contributed by atoms with Crippen LogP contribution in [0.15, 0.2) is 60.8 Å². The normalized spacial score (nSPS) is 13.3. The van der Waals surface area contributed by atoms with Gasteiger partial charge in [-0.2, -0.15) is 0 Å². The van der Waals surface area contributed by atoms with Crippen LogP contribution < -0.4 is 5.32 Å². The lowest BCUT2D eigenvalue weighted by atomic mass is 10.0. The van der Waals surface area contributed by atoms with Crippen molar-refractivity contribution in [2.75, 3.05) is 6.61 Å². The highest BCUT2D eigenvalue weighted by Crippen LogP contribution is 2.17. The number of unbranched alkanes of at least 4 members (excludes halogenated alkanes) is 35. The minimum absolute atomic E-state index is 0.0865. The van der Waals surface area contributed by atoms with Crippen LogP contribution in [0.25, 0.3) is 0 Å². The number of hydrogen-bond donors (Lipinski definition) is 3. The number of carbonyl (C=O) groups is 1. The van der Waals surface area contributed by atoms with Crippen LogP contribution in [0.5, 0.6) is 0 Å². The second-order valence-corrected chi connectivity index (χ2v) is 18.6. The molecule has 0 bridgehead atoms. The van der Waals surface area contributed by atoms with Crippen molar-refractivity contribution in [3.05, 3.63) is 60.8 Å². The Labute approximate surface area is 387 Å². The molecule has 3 N–H and O–H groups in total. The Hall–Kier alpha value is -1.91. The molecule has 362 valence electrons. The minimum atomic E-state index is -0.853. The molecule has 4 nitrogen and oxygen atoms in total. The molecule has 0 spiro atoms. The average molecular weight is 866 g/mol. The van der Waals surface area contributed by atoms with Gasteiger partial charge >= 0.3 is 0 Å². The van der Waals surface area contributed by atoms with E-state index in [4.69, 9.17) is 0 Å². The first-order valence-electron chi connectivity index (χ1n) is 27.5. The fraction of sp³-hybridized carbons (Fsp3) is 0.810. The molecule has 0 rings (SSSR count). The first-order valence-corrected chi connectivity index (χ1v) is 27.5. The van der Waals surface area contributed by atoms with Gasteiger partial charge in [0.1, 0.15) is 0 Å². The number of aliphatic hydroxyl groups excluding tert-OH is 2. The van der Waals surface area contributed by atoms with E-state index in [1.165, 1.54) is 193 Å². The smallest absolute Gasteiger partial charge is 0.220 e. The molecule has 0 saturated carbocycles. The molecule has 0 aromatic carbocycles. The molecule has 1 amide bonds. The van der Waals surface area contributed by atoms with Gasteiger partial charge in [0.2, 0.25) is 5.91 Å². The second-order valence-electron chi connectivity index (χ2n) is 18.6. The lowest BCUT2D eigenvalue weighted by molar-refractivity contribution is -0.123. The molecule has 4 heteroatoms. The molecule has 0 fully saturated rings. The molecule has 0 saturated heterocycles. The molecule has 2 unspecified atom stereocenters. The average Bonchev–Trinajstić information content (AvgIpc) is 3.28. The SMILES string of the molecule is CC/C=C\C/C=C\C/C=C\C/C=C\CCCCCCC(=O)NC(CO)C(O)/C=C/CCCCCCCCCCCCCCCCCCCCCCCCCCCCCCCCC. The van der Waals surface area contributed by atoms with E-state index >= 15 is 0 Å². The Bertz CT molecular complexity index is 1030. The summed E-state index contributed by atoms with van der Waals surface area (Å²) in [4.78, 5) is 12.4. The number of nitrogens with one attached hydrogen (secondary N) is 1. The monoisotopic (exact) mass is 866 g/mol. The maximum absolute atomic E-state index is 12.4. The van der Waals surface area contributed by atoms with E-state index < -0.39 is 12.1 Å². The number of rotatable bonds is 50. The van der Waals surface area contributed by atoms with Gasteiger partial charge in [-0.1, -0.05) is 280 Å². The van der Waals surface area contributed by atoms with Gasteiger partial charge in [-0.15, -0.1) is 0 Å².